The summed E-state index contributed by atoms with van der Waals surface area (Å²) in [6.45, 7) is 1.71. The van der Waals surface area contributed by atoms with Crippen LogP contribution in [0.5, 0.6) is 0 Å². The fraction of sp³-hybridized carbons (Fsp3) is 0.118. The maximum Gasteiger partial charge on any atom is 0.328 e. The summed E-state index contributed by atoms with van der Waals surface area (Å²) in [5.41, 5.74) is 4.61. The van der Waals surface area contributed by atoms with Crippen molar-refractivity contribution < 1.29 is 9.90 Å². The van der Waals surface area contributed by atoms with E-state index in [0.717, 1.165) is 28.8 Å². The lowest BCUT2D eigenvalue weighted by Crippen LogP contribution is -2.15. The van der Waals surface area contributed by atoms with Gasteiger partial charge in [-0.1, -0.05) is 40.2 Å². The lowest BCUT2D eigenvalue weighted by Gasteiger charge is -2.20. The van der Waals surface area contributed by atoms with Crippen LogP contribution in [0.15, 0.2) is 53.0 Å². The van der Waals surface area contributed by atoms with E-state index in [1.165, 1.54) is 17.2 Å². The van der Waals surface area contributed by atoms with Gasteiger partial charge in [0.25, 0.3) is 0 Å². The molecule has 0 bridgehead atoms. The van der Waals surface area contributed by atoms with Crippen LogP contribution in [-0.2, 0) is 17.9 Å². The van der Waals surface area contributed by atoms with Gasteiger partial charge < -0.3 is 10.0 Å². The van der Waals surface area contributed by atoms with E-state index in [1.807, 2.05) is 18.2 Å². The first-order chi connectivity index (χ1) is 10.1. The Morgan fingerprint density at radius 1 is 1.14 bits per heavy atom. The van der Waals surface area contributed by atoms with Crippen LogP contribution in [-0.4, -0.2) is 11.1 Å². The Kier molecular flexibility index (Phi) is 3.80. The predicted octanol–water partition coefficient (Wildman–Crippen LogP) is 4.07. The quantitative estimate of drug-likeness (QED) is 0.854. The zero-order valence-electron chi connectivity index (χ0n) is 11.3. The number of fused-ring (bicyclic) bond motifs is 1. The first-order valence-corrected chi connectivity index (χ1v) is 7.45. The second-order valence-corrected chi connectivity index (χ2v) is 5.92. The highest BCUT2D eigenvalue weighted by Gasteiger charge is 2.20. The first-order valence-electron chi connectivity index (χ1n) is 6.66. The van der Waals surface area contributed by atoms with Crippen molar-refractivity contribution >= 4 is 33.7 Å². The van der Waals surface area contributed by atoms with Gasteiger partial charge >= 0.3 is 5.97 Å². The molecule has 0 saturated heterocycles. The van der Waals surface area contributed by atoms with Crippen LogP contribution in [0.25, 0.3) is 6.08 Å². The fourth-order valence-electron chi connectivity index (χ4n) is 2.61. The van der Waals surface area contributed by atoms with Crippen LogP contribution in [0, 0.1) is 0 Å². The SMILES string of the molecule is O=C(O)/C=C/c1cc(Br)ccc1N1Cc2ccccc2C1. The molecule has 3 rings (SSSR count). The minimum absolute atomic E-state index is 0.853. The number of halogens is 1. The molecular formula is C17H14BrNO2. The summed E-state index contributed by atoms with van der Waals surface area (Å²) >= 11 is 3.44. The number of carbonyl (C=O) groups is 1. The van der Waals surface area contributed by atoms with Crippen LogP contribution in [0.1, 0.15) is 16.7 Å². The van der Waals surface area contributed by atoms with E-state index in [0.29, 0.717) is 0 Å². The average molecular weight is 344 g/mol. The molecule has 0 amide bonds. The lowest BCUT2D eigenvalue weighted by atomic mass is 10.1. The maximum absolute atomic E-state index is 10.8. The minimum Gasteiger partial charge on any atom is -0.478 e. The normalized spacial score (nSPS) is 13.7. The molecule has 0 unspecified atom stereocenters. The number of benzene rings is 2. The Morgan fingerprint density at radius 2 is 1.81 bits per heavy atom. The van der Waals surface area contributed by atoms with E-state index in [9.17, 15) is 4.79 Å². The number of aliphatic carboxylic acids is 1. The van der Waals surface area contributed by atoms with Crippen molar-refractivity contribution in [3.63, 3.8) is 0 Å². The molecular weight excluding hydrogens is 330 g/mol. The molecule has 0 atom stereocenters. The number of anilines is 1. The molecule has 2 aromatic rings. The summed E-state index contributed by atoms with van der Waals surface area (Å²) < 4.78 is 0.938. The monoisotopic (exact) mass is 343 g/mol. The van der Waals surface area contributed by atoms with Gasteiger partial charge in [0.2, 0.25) is 0 Å². The lowest BCUT2D eigenvalue weighted by molar-refractivity contribution is -0.131. The van der Waals surface area contributed by atoms with Gasteiger partial charge in [-0.2, -0.15) is 0 Å². The zero-order chi connectivity index (χ0) is 14.8. The van der Waals surface area contributed by atoms with Crippen LogP contribution in [0.2, 0.25) is 0 Å². The zero-order valence-corrected chi connectivity index (χ0v) is 12.9. The number of nitrogens with zero attached hydrogens (tertiary/aromatic N) is 1. The van der Waals surface area contributed by atoms with E-state index in [2.05, 4.69) is 45.1 Å². The topological polar surface area (TPSA) is 40.5 Å². The molecule has 1 aliphatic rings. The largest absolute Gasteiger partial charge is 0.478 e. The highest BCUT2D eigenvalue weighted by atomic mass is 79.9. The van der Waals surface area contributed by atoms with Crippen molar-refractivity contribution in [3.05, 3.63) is 69.7 Å². The smallest absolute Gasteiger partial charge is 0.328 e. The van der Waals surface area contributed by atoms with Crippen molar-refractivity contribution in [1.82, 2.24) is 0 Å². The summed E-state index contributed by atoms with van der Waals surface area (Å²) in [7, 11) is 0. The molecule has 0 aromatic heterocycles. The molecule has 106 valence electrons. The van der Waals surface area contributed by atoms with Crippen LogP contribution in [0.4, 0.5) is 5.69 Å². The molecule has 1 aliphatic heterocycles. The number of rotatable bonds is 3. The molecule has 21 heavy (non-hydrogen) atoms. The molecule has 3 nitrogen and oxygen atoms in total. The second kappa shape index (κ2) is 5.74. The van der Waals surface area contributed by atoms with Gasteiger partial charge in [-0.3, -0.25) is 0 Å². The molecule has 0 aliphatic carbocycles. The Hall–Kier alpha value is -2.07. The highest BCUT2D eigenvalue weighted by molar-refractivity contribution is 9.10. The second-order valence-electron chi connectivity index (χ2n) is 5.00. The summed E-state index contributed by atoms with van der Waals surface area (Å²) in [4.78, 5) is 13.0. The highest BCUT2D eigenvalue weighted by Crippen LogP contribution is 2.32. The van der Waals surface area contributed by atoms with Crippen molar-refractivity contribution in [2.75, 3.05) is 4.90 Å². The van der Waals surface area contributed by atoms with Crippen molar-refractivity contribution in [3.8, 4) is 0 Å². The molecule has 1 heterocycles. The molecule has 1 N–H and O–H groups in total. The van der Waals surface area contributed by atoms with Crippen LogP contribution < -0.4 is 4.90 Å². The molecule has 0 saturated carbocycles. The molecule has 0 radical (unpaired) electrons. The first kappa shape index (κ1) is 13.9. The Labute approximate surface area is 131 Å². The van der Waals surface area contributed by atoms with Gasteiger partial charge in [0.15, 0.2) is 0 Å². The maximum atomic E-state index is 10.8. The average Bonchev–Trinajstić information content (AvgIpc) is 2.88. The number of hydrogen-bond donors (Lipinski definition) is 1. The number of hydrogen-bond acceptors (Lipinski definition) is 2. The van der Waals surface area contributed by atoms with Gasteiger partial charge in [0.1, 0.15) is 0 Å². The van der Waals surface area contributed by atoms with Crippen molar-refractivity contribution in [2.24, 2.45) is 0 Å². The molecule has 2 aromatic carbocycles. The third-order valence-electron chi connectivity index (χ3n) is 3.58. The van der Waals surface area contributed by atoms with Gasteiger partial charge in [0, 0.05) is 29.3 Å². The molecule has 0 spiro atoms. The summed E-state index contributed by atoms with van der Waals surface area (Å²) in [6.07, 6.45) is 2.82. The van der Waals surface area contributed by atoms with E-state index in [1.54, 1.807) is 6.08 Å². The number of carboxylic acid groups (broad SMARTS) is 1. The van der Waals surface area contributed by atoms with Gasteiger partial charge in [-0.25, -0.2) is 4.79 Å². The molecule has 4 heteroatoms. The van der Waals surface area contributed by atoms with Crippen molar-refractivity contribution in [1.29, 1.82) is 0 Å². The van der Waals surface area contributed by atoms with Gasteiger partial charge in [-0.15, -0.1) is 0 Å². The summed E-state index contributed by atoms with van der Waals surface area (Å²) in [5, 5.41) is 8.83. The Balaban J connectivity index is 1.95. The van der Waals surface area contributed by atoms with E-state index >= 15 is 0 Å². The van der Waals surface area contributed by atoms with E-state index in [4.69, 9.17) is 5.11 Å². The van der Waals surface area contributed by atoms with Crippen molar-refractivity contribution in [2.45, 2.75) is 13.1 Å². The summed E-state index contributed by atoms with van der Waals surface area (Å²) in [6, 6.07) is 14.3. The third-order valence-corrected chi connectivity index (χ3v) is 4.07. The van der Waals surface area contributed by atoms with E-state index in [-0.39, 0.29) is 0 Å². The number of carboxylic acids is 1. The predicted molar refractivity (Wildman–Crippen MR) is 87.1 cm³/mol. The summed E-state index contributed by atoms with van der Waals surface area (Å²) in [5.74, 6) is -0.939. The fourth-order valence-corrected chi connectivity index (χ4v) is 2.99. The third kappa shape index (κ3) is 3.00. The Morgan fingerprint density at radius 3 is 2.43 bits per heavy atom. The van der Waals surface area contributed by atoms with Gasteiger partial charge in [-0.05, 0) is 41.0 Å². The standard InChI is InChI=1S/C17H14BrNO2/c18-15-6-7-16(12(9-15)5-8-17(20)21)19-10-13-3-1-2-4-14(13)11-19/h1-9H,10-11H2,(H,20,21)/b8-5+. The Bertz CT molecular complexity index is 699. The van der Waals surface area contributed by atoms with E-state index < -0.39 is 5.97 Å². The van der Waals surface area contributed by atoms with Gasteiger partial charge in [0.05, 0.1) is 0 Å². The van der Waals surface area contributed by atoms with Crippen LogP contribution >= 0.6 is 15.9 Å². The van der Waals surface area contributed by atoms with Crippen LogP contribution in [0.3, 0.4) is 0 Å². The minimum atomic E-state index is -0.939. The molecule has 0 fully saturated rings.